The average Bonchev–Trinajstić information content (AvgIpc) is 3.18. The van der Waals surface area contributed by atoms with E-state index in [1.165, 1.54) is 17.7 Å². The van der Waals surface area contributed by atoms with Crippen LogP contribution in [-0.2, 0) is 6.54 Å². The van der Waals surface area contributed by atoms with E-state index in [2.05, 4.69) is 10.3 Å². The second-order valence-corrected chi connectivity index (χ2v) is 5.80. The first-order valence-electron chi connectivity index (χ1n) is 6.89. The van der Waals surface area contributed by atoms with E-state index in [4.69, 9.17) is 5.73 Å². The number of aromatic nitrogens is 2. The molecule has 0 atom stereocenters. The van der Waals surface area contributed by atoms with E-state index in [1.807, 2.05) is 30.3 Å². The van der Waals surface area contributed by atoms with Crippen LogP contribution >= 0.6 is 11.3 Å². The number of carbonyl (C=O) groups is 2. The summed E-state index contributed by atoms with van der Waals surface area (Å²) >= 11 is 1.31. The quantitative estimate of drug-likeness (QED) is 0.754. The summed E-state index contributed by atoms with van der Waals surface area (Å²) in [5.41, 5.74) is 6.64. The van der Waals surface area contributed by atoms with Crippen molar-refractivity contribution in [2.45, 2.75) is 6.54 Å². The predicted octanol–water partition coefficient (Wildman–Crippen LogP) is 2.34. The molecular formula is C16H14N4O2S. The van der Waals surface area contributed by atoms with E-state index in [9.17, 15) is 9.59 Å². The van der Waals surface area contributed by atoms with Crippen LogP contribution in [0.3, 0.4) is 0 Å². The zero-order chi connectivity index (χ0) is 16.2. The number of thiophene rings is 1. The zero-order valence-electron chi connectivity index (χ0n) is 12.1. The molecule has 0 aliphatic carbocycles. The maximum absolute atomic E-state index is 12.1. The highest BCUT2D eigenvalue weighted by atomic mass is 32.1. The number of hydrogen-bond acceptors (Lipinski definition) is 4. The number of nitrogens with zero attached hydrogens (tertiary/aromatic N) is 2. The fourth-order valence-corrected chi connectivity index (χ4v) is 2.83. The van der Waals surface area contributed by atoms with E-state index in [-0.39, 0.29) is 17.4 Å². The topological polar surface area (TPSA) is 90.0 Å². The summed E-state index contributed by atoms with van der Waals surface area (Å²) in [6.07, 6.45) is 1.50. The number of anilines is 1. The van der Waals surface area contributed by atoms with Gasteiger partial charge in [0.05, 0.1) is 11.2 Å². The van der Waals surface area contributed by atoms with Crippen molar-refractivity contribution in [3.05, 3.63) is 70.3 Å². The summed E-state index contributed by atoms with van der Waals surface area (Å²) in [7, 11) is 0. The number of rotatable bonds is 5. The summed E-state index contributed by atoms with van der Waals surface area (Å²) in [6, 6.07) is 13.1. The van der Waals surface area contributed by atoms with Crippen LogP contribution in [-0.4, -0.2) is 21.4 Å². The maximum atomic E-state index is 12.1. The zero-order valence-corrected chi connectivity index (χ0v) is 12.9. The highest BCUT2D eigenvalue weighted by Gasteiger charge is 2.19. The van der Waals surface area contributed by atoms with Gasteiger partial charge in [0.15, 0.2) is 11.5 Å². The highest BCUT2D eigenvalue weighted by Crippen LogP contribution is 2.17. The van der Waals surface area contributed by atoms with Crippen LogP contribution in [0.1, 0.15) is 25.7 Å². The van der Waals surface area contributed by atoms with Gasteiger partial charge in [0.25, 0.3) is 11.8 Å². The second-order valence-electron chi connectivity index (χ2n) is 4.85. The average molecular weight is 326 g/mol. The Kier molecular flexibility index (Phi) is 4.20. The molecule has 0 bridgehead atoms. The molecule has 0 saturated heterocycles. The van der Waals surface area contributed by atoms with Gasteiger partial charge in [-0.15, -0.1) is 11.3 Å². The number of carbonyl (C=O) groups excluding carboxylic acids is 2. The van der Waals surface area contributed by atoms with E-state index < -0.39 is 5.91 Å². The van der Waals surface area contributed by atoms with E-state index in [0.717, 1.165) is 5.56 Å². The molecule has 3 rings (SSSR count). The summed E-state index contributed by atoms with van der Waals surface area (Å²) in [5.74, 6) is -0.779. The smallest absolute Gasteiger partial charge is 0.269 e. The molecule has 0 spiro atoms. The van der Waals surface area contributed by atoms with E-state index in [1.54, 1.807) is 22.1 Å². The number of nitrogens with one attached hydrogen (secondary N) is 1. The molecular weight excluding hydrogens is 312 g/mol. The predicted molar refractivity (Wildman–Crippen MR) is 88.6 cm³/mol. The standard InChI is InChI=1S/C16H14N4O2S/c17-14(21)13-15(19-16(22)12-7-4-8-23-12)18-10-20(13)9-11-5-2-1-3-6-11/h1-8,10H,9H2,(H2,17,21)(H,19,22). The largest absolute Gasteiger partial charge is 0.364 e. The van der Waals surface area contributed by atoms with Crippen molar-refractivity contribution in [3.8, 4) is 0 Å². The van der Waals surface area contributed by atoms with Crippen LogP contribution < -0.4 is 11.1 Å². The molecule has 0 unspecified atom stereocenters. The third-order valence-electron chi connectivity index (χ3n) is 3.24. The maximum Gasteiger partial charge on any atom is 0.269 e. The minimum absolute atomic E-state index is 0.173. The lowest BCUT2D eigenvalue weighted by Gasteiger charge is -2.07. The summed E-state index contributed by atoms with van der Waals surface area (Å²) < 4.78 is 1.63. The summed E-state index contributed by atoms with van der Waals surface area (Å²) in [4.78, 5) is 28.5. The van der Waals surface area contributed by atoms with Gasteiger partial charge in [-0.1, -0.05) is 36.4 Å². The third kappa shape index (κ3) is 3.29. The van der Waals surface area contributed by atoms with Crippen molar-refractivity contribution >= 4 is 29.0 Å². The molecule has 0 fully saturated rings. The van der Waals surface area contributed by atoms with Gasteiger partial charge in [-0.05, 0) is 17.0 Å². The molecule has 116 valence electrons. The Labute approximate surface area is 136 Å². The van der Waals surface area contributed by atoms with Crippen molar-refractivity contribution in [2.24, 2.45) is 5.73 Å². The van der Waals surface area contributed by atoms with Gasteiger partial charge >= 0.3 is 0 Å². The number of benzene rings is 1. The fraction of sp³-hybridized carbons (Fsp3) is 0.0625. The van der Waals surface area contributed by atoms with E-state index >= 15 is 0 Å². The molecule has 23 heavy (non-hydrogen) atoms. The number of hydrogen-bond donors (Lipinski definition) is 2. The van der Waals surface area contributed by atoms with Crippen molar-refractivity contribution in [2.75, 3.05) is 5.32 Å². The Bertz CT molecular complexity index is 825. The molecule has 1 aromatic carbocycles. The first-order chi connectivity index (χ1) is 11.1. The monoisotopic (exact) mass is 326 g/mol. The Morgan fingerprint density at radius 3 is 2.61 bits per heavy atom. The number of primary amides is 1. The van der Waals surface area contributed by atoms with Crippen molar-refractivity contribution < 1.29 is 9.59 Å². The van der Waals surface area contributed by atoms with E-state index in [0.29, 0.717) is 11.4 Å². The van der Waals surface area contributed by atoms with Crippen LogP contribution in [0.15, 0.2) is 54.2 Å². The molecule has 0 saturated carbocycles. The van der Waals surface area contributed by atoms with Crippen molar-refractivity contribution in [3.63, 3.8) is 0 Å². The first-order valence-corrected chi connectivity index (χ1v) is 7.77. The number of nitrogens with two attached hydrogens (primary N) is 1. The molecule has 2 amide bonds. The van der Waals surface area contributed by atoms with Gasteiger partial charge in [0, 0.05) is 6.54 Å². The van der Waals surface area contributed by atoms with Gasteiger partial charge in [0.1, 0.15) is 0 Å². The first kappa shape index (κ1) is 15.0. The van der Waals surface area contributed by atoms with Crippen molar-refractivity contribution in [1.82, 2.24) is 9.55 Å². The lowest BCUT2D eigenvalue weighted by atomic mass is 10.2. The molecule has 3 aromatic rings. The number of amides is 2. The van der Waals surface area contributed by atoms with Crippen LogP contribution in [0.4, 0.5) is 5.82 Å². The molecule has 0 aliphatic heterocycles. The SMILES string of the molecule is NC(=O)c1c(NC(=O)c2cccs2)ncn1Cc1ccccc1. The second kappa shape index (κ2) is 6.45. The lowest BCUT2D eigenvalue weighted by Crippen LogP contribution is -2.21. The normalized spacial score (nSPS) is 10.4. The van der Waals surface area contributed by atoms with Gasteiger partial charge in [-0.25, -0.2) is 4.98 Å². The third-order valence-corrected chi connectivity index (χ3v) is 4.11. The number of imidazole rings is 1. The molecule has 6 nitrogen and oxygen atoms in total. The van der Waals surface area contributed by atoms with Crippen LogP contribution in [0.5, 0.6) is 0 Å². The van der Waals surface area contributed by atoms with Crippen LogP contribution in [0.25, 0.3) is 0 Å². The Morgan fingerprint density at radius 1 is 1.17 bits per heavy atom. The molecule has 7 heteroatoms. The minimum Gasteiger partial charge on any atom is -0.364 e. The fourth-order valence-electron chi connectivity index (χ4n) is 2.21. The van der Waals surface area contributed by atoms with Gasteiger partial charge < -0.3 is 15.6 Å². The van der Waals surface area contributed by atoms with Gasteiger partial charge in [0.2, 0.25) is 0 Å². The van der Waals surface area contributed by atoms with Crippen LogP contribution in [0, 0.1) is 0 Å². The van der Waals surface area contributed by atoms with Gasteiger partial charge in [-0.3, -0.25) is 9.59 Å². The summed E-state index contributed by atoms with van der Waals surface area (Å²) in [5, 5.41) is 4.44. The Balaban J connectivity index is 1.87. The molecule has 0 aliphatic rings. The molecule has 0 radical (unpaired) electrons. The van der Waals surface area contributed by atoms with Gasteiger partial charge in [-0.2, -0.15) is 0 Å². The lowest BCUT2D eigenvalue weighted by molar-refractivity contribution is 0.0993. The molecule has 3 N–H and O–H groups in total. The Morgan fingerprint density at radius 2 is 1.96 bits per heavy atom. The van der Waals surface area contributed by atoms with Crippen molar-refractivity contribution in [1.29, 1.82) is 0 Å². The molecule has 2 aromatic heterocycles. The Hall–Kier alpha value is -2.93. The minimum atomic E-state index is -0.639. The van der Waals surface area contributed by atoms with Crippen LogP contribution in [0.2, 0.25) is 0 Å². The molecule has 2 heterocycles. The highest BCUT2D eigenvalue weighted by molar-refractivity contribution is 7.12. The summed E-state index contributed by atoms with van der Waals surface area (Å²) in [6.45, 7) is 0.445.